The van der Waals surface area contributed by atoms with E-state index in [0.29, 0.717) is 0 Å². The van der Waals surface area contributed by atoms with Crippen LogP contribution < -0.4 is 0 Å². The second kappa shape index (κ2) is 73.8. The molecule has 0 amide bonds. The average molecular weight is 1640 g/mol. The van der Waals surface area contributed by atoms with Gasteiger partial charge in [-0.25, -0.2) is 0 Å². The highest BCUT2D eigenvalue weighted by Crippen LogP contribution is 2.55. The van der Waals surface area contributed by atoms with E-state index in [1.54, 1.807) is 0 Å². The third-order valence-corrected chi connectivity index (χ3v) is 36.0. The van der Waals surface area contributed by atoms with Gasteiger partial charge in [-0.2, -0.15) is 0 Å². The summed E-state index contributed by atoms with van der Waals surface area (Å²) < 4.78 is 0. The van der Waals surface area contributed by atoms with Gasteiger partial charge >= 0.3 is 0 Å². The molecule has 0 nitrogen and oxygen atoms in total. The Bertz CT molecular complexity index is 2670. The van der Waals surface area contributed by atoms with Crippen molar-refractivity contribution in [3.63, 3.8) is 0 Å². The molecule has 0 fully saturated rings. The fourth-order valence-corrected chi connectivity index (χ4v) is 32.8. The summed E-state index contributed by atoms with van der Waals surface area (Å²) >= 11 is 0. The largest absolute Gasteiger partial charge is 0.253 e. The van der Waals surface area contributed by atoms with Crippen molar-refractivity contribution < 1.29 is 0 Å². The first-order valence-corrected chi connectivity index (χ1v) is 51.0. The summed E-state index contributed by atoms with van der Waals surface area (Å²) in [5, 5.41) is 0. The molecule has 0 heterocycles. The summed E-state index contributed by atoms with van der Waals surface area (Å²) in [5.74, 6) is 0. The Hall–Kier alpha value is 10.1. The third kappa shape index (κ3) is 42.8. The fraction of sp³-hybridized carbons (Fsp3) is 0. The van der Waals surface area contributed by atoms with E-state index in [-0.39, 0.29) is 0 Å². The van der Waals surface area contributed by atoms with Gasteiger partial charge in [0.05, 0.1) is 18.6 Å². The van der Waals surface area contributed by atoms with Crippen LogP contribution in [0.1, 0.15) is 0 Å². The summed E-state index contributed by atoms with van der Waals surface area (Å²) in [5.41, 5.74) is 0. The first-order chi connectivity index (χ1) is 68.2. The van der Waals surface area contributed by atoms with Crippen molar-refractivity contribution in [2.75, 3.05) is 0 Å². The smallest absolute Gasteiger partial charge is 0.0527 e. The van der Waals surface area contributed by atoms with E-state index < -0.39 is 473 Å². The molecule has 0 aromatic rings. The van der Waals surface area contributed by atoms with Crippen molar-refractivity contribution in [1.29, 1.82) is 0 Å². The van der Waals surface area contributed by atoms with Crippen LogP contribution >= 0.6 is 7.56 Å². The molecule has 0 aliphatic rings. The normalized spacial score (nSPS) is 10.1. The van der Waals surface area contributed by atoms with Crippen LogP contribution in [0.2, 0.25) is 0 Å². The molecular weight excluding hydrogens is 1640 g/mol. The summed E-state index contributed by atoms with van der Waals surface area (Å²) in [6, 6.07) is 0. The Kier molecular flexibility index (Phi) is 78.8. The van der Waals surface area contributed by atoms with Crippen molar-refractivity contribution in [3.05, 3.63) is 0 Å². The highest BCUT2D eigenvalue weighted by atomic mass is 31.1. The molecule has 0 rings (SSSR count). The maximum Gasteiger partial charge on any atom is 0.0527 e. The molecule has 0 N–H and O–H groups in total. The van der Waals surface area contributed by atoms with Crippen LogP contribution in [0, 0.1) is 0 Å². The van der Waals surface area contributed by atoms with Crippen LogP contribution in [-0.4, -0.2) is 1050 Å². The van der Waals surface area contributed by atoms with Gasteiger partial charge in [0.25, 0.3) is 0 Å². The Balaban J connectivity index is 19.2. The van der Waals surface area contributed by atoms with Crippen LogP contribution in [0.5, 0.6) is 0 Å². The monoisotopic (exact) mass is 1670 g/mol. The molecule has 0 spiro atoms. The predicted molar refractivity (Wildman–Crippen MR) is 864 cm³/mol. The second-order valence-electron chi connectivity index (χ2n) is 42.3. The summed E-state index contributed by atoms with van der Waals surface area (Å²) in [4.78, 5) is 0. The lowest BCUT2D eigenvalue weighted by Crippen LogP contribution is -2.98. The van der Waals surface area contributed by atoms with Gasteiger partial charge in [0.2, 0.25) is 0 Å². The maximum atomic E-state index is 7.89. The van der Waals surface area contributed by atoms with Crippen LogP contribution in [0.25, 0.3) is 0 Å². The average Bonchev–Trinajstić information content (AvgIpc) is 0.693. The number of rotatable bonds is 73. The highest BCUT2D eigenvalue weighted by Gasteiger charge is 2.73. The third-order valence-electron chi connectivity index (χ3n) is 31.8. The minimum Gasteiger partial charge on any atom is -0.253 e. The molecule has 0 aliphatic heterocycles. The van der Waals surface area contributed by atoms with E-state index in [2.05, 4.69) is 0 Å². The van der Waals surface area contributed by atoms with E-state index >= 15 is 0 Å². The van der Waals surface area contributed by atoms with Gasteiger partial charge in [-0.15, -0.1) is 0 Å². The van der Waals surface area contributed by atoms with Crippen LogP contribution in [0.3, 0.4) is 0 Å². The molecule has 0 saturated carbocycles. The van der Waals surface area contributed by atoms with Crippen molar-refractivity contribution in [1.82, 2.24) is 0 Å². The van der Waals surface area contributed by atoms with Gasteiger partial charge in [0.15, 0.2) is 0 Å². The summed E-state index contributed by atoms with van der Waals surface area (Å²) in [7, 11) is 575. The van der Waals surface area contributed by atoms with Crippen LogP contribution in [-0.2, 0) is 0 Å². The molecular formula is B149P. The molecule has 452 valence electrons. The molecule has 0 bridgehead atoms. The van der Waals surface area contributed by atoms with Crippen LogP contribution in [0.4, 0.5) is 0 Å². The van der Waals surface area contributed by atoms with E-state index in [1.807, 2.05) is 0 Å². The zero-order valence-electron chi connectivity index (χ0n) is 86.5. The van der Waals surface area contributed by atoms with Gasteiger partial charge in [-0.05, 0) is 0 Å². The van der Waals surface area contributed by atoms with Gasteiger partial charge in [0, 0.05) is 1030 Å². The van der Waals surface area contributed by atoms with E-state index in [1.165, 1.54) is 0 Å². The van der Waals surface area contributed by atoms with E-state index in [4.69, 9.17) is 588 Å². The number of hydrogen-bond acceptors (Lipinski definition) is 0. The molecule has 0 aliphatic carbocycles. The predicted octanol–water partition coefficient (Wildman–Crippen LogP) is -55.9. The lowest BCUT2D eigenvalue weighted by Gasteiger charge is -2.67. The SMILES string of the molecule is [B]B([B])B(B([B])[B])B(B(B([B])[B])B([B])[B])B(B(B([B])[B])B([B])[B])B(B(B(B(B([B])[B])B([B])[B])B(B([B])[B])B([B])[B])B(B(B([B])[B])B([B])[B])B(B([B])[B])B([B])[B])P(B(B(B(B([B])[B])B([B])[B])B(B([B])[B])B([B])[B])B(B(B([B])[B])B([B])[B])B(B([B])[B])B([B])[B])B(B(B(B(B([B])[B])B([B])[B])B(B([B])[B])B([B])[B])B(B(B([B])[B])B([B])[B])B(B([B])[B])B([B])[B])B(B(B(B([B])[B])B([B])[B])B(B([B])[B])B([B])[B])B(B(B([B])[B])B([B])[B])B(B([B])[B])B([B])[B]. The van der Waals surface area contributed by atoms with Crippen molar-refractivity contribution in [2.45, 2.75) is 0 Å². The zero-order chi connectivity index (χ0) is 119. The summed E-state index contributed by atoms with van der Waals surface area (Å²) in [6.07, 6.45) is -173. The molecule has 0 aromatic heterocycles. The molecule has 150 heteroatoms. The Morgan fingerprint density at radius 2 is 0.0933 bits per heavy atom. The van der Waals surface area contributed by atoms with Crippen LogP contribution in [0.15, 0.2) is 0 Å². The molecule has 1 unspecified atom stereocenters. The lowest BCUT2D eigenvalue weighted by molar-refractivity contribution is 3.15. The zero-order valence-corrected chi connectivity index (χ0v) is 87.4. The first-order valence-electron chi connectivity index (χ1n) is 49.4. The highest BCUT2D eigenvalue weighted by molar-refractivity contribution is 8.66. The van der Waals surface area contributed by atoms with Gasteiger partial charge in [-0.1, -0.05) is 0 Å². The van der Waals surface area contributed by atoms with Gasteiger partial charge in [0.1, 0.15) is 0 Å². The number of hydrogen-bond donors (Lipinski definition) is 0. The van der Waals surface area contributed by atoms with Gasteiger partial charge < -0.3 is 0 Å². The lowest BCUT2D eigenvalue weighted by atomic mass is 8.26. The standard InChI is InChI=1S/B149P/c1-77(2)115(78(3)4)134(116(79(5)6)80(7)8)143(133(113(73)74)114(75)76)148(144(135(117(81(9)10)82(11)12)118(83(13)14)84(15)16)136(119(85(17)18)86(19)20)120(87(21)22)88(23)24)150(147(141(129(105(57)58)106(59)60)130(107(61)62)108(63)64)142(131(109(65)66)110(67)68)132(111(69)70)112(71)72)149(145(137(121(89(25)26)90(27)28)122(91(29)30)92(31)32)138(123(93(33)34)94(35)36)124(95(37)38)96(39)40)146(139(125(97(41)42)98(43)44)126(99(45)46)100(47)48)140(127(101(49)50)102(51)52)128(103(53)54)104(55)56. The minimum absolute atomic E-state index is 2.21. The Morgan fingerprint density at radius 1 is 0.0533 bits per heavy atom. The van der Waals surface area contributed by atoms with E-state index in [9.17, 15) is 0 Å². The molecule has 0 saturated heterocycles. The minimum atomic E-state index is -4.91. The summed E-state index contributed by atoms with van der Waals surface area (Å²) in [6.45, 7) is 0. The Labute approximate surface area is 1050 Å². The molecule has 152 radical (unpaired) electrons. The fourth-order valence-electron chi connectivity index (χ4n) is 26.8. The second-order valence-corrected chi connectivity index (χ2v) is 45.0. The van der Waals surface area contributed by atoms with Crippen molar-refractivity contribution in [2.24, 2.45) is 0 Å². The Morgan fingerprint density at radius 3 is 0.147 bits per heavy atom. The maximum absolute atomic E-state index is 7.89. The first kappa shape index (κ1) is 160. The van der Waals surface area contributed by atoms with E-state index in [0.717, 1.165) is 0 Å². The van der Waals surface area contributed by atoms with Crippen molar-refractivity contribution in [3.8, 4) is 0 Å². The van der Waals surface area contributed by atoms with Gasteiger partial charge in [-0.3, -0.25) is 7.56 Å². The molecule has 0 aromatic carbocycles. The molecule has 150 heavy (non-hydrogen) atoms. The van der Waals surface area contributed by atoms with Crippen molar-refractivity contribution >= 4 is 1060 Å². The molecule has 1 atom stereocenters. The topological polar surface area (TPSA) is 0 Å². The quantitative estimate of drug-likeness (QED) is 0.0421.